The molecule has 1 fully saturated rings. The molecule has 2 aliphatic heterocycles. The molecule has 5 rings (SSSR count). The maximum Gasteiger partial charge on any atom is 0.199 e. The van der Waals surface area contributed by atoms with Crippen LogP contribution in [-0.4, -0.2) is 47.4 Å². The minimum atomic E-state index is -0.892. The molecule has 0 aromatic heterocycles. The molecule has 126 valence electrons. The zero-order valence-electron chi connectivity index (χ0n) is 14.1. The summed E-state index contributed by atoms with van der Waals surface area (Å²) < 4.78 is 11.7. The lowest BCUT2D eigenvalue weighted by molar-refractivity contribution is -0.138. The molecule has 1 aromatic rings. The fourth-order valence-corrected chi connectivity index (χ4v) is 7.05. The number of carbonyl (C=O) groups is 1. The molecule has 1 saturated heterocycles. The summed E-state index contributed by atoms with van der Waals surface area (Å²) in [7, 11) is 3.83. The first-order valence-corrected chi connectivity index (χ1v) is 9.20. The third-order valence-corrected chi connectivity index (χ3v) is 8.32. The molecule has 4 atom stereocenters. The van der Waals surface area contributed by atoms with Gasteiger partial charge in [0.2, 0.25) is 0 Å². The Labute approximate surface area is 149 Å². The fraction of sp³-hybridized carbons (Fsp3) is 0.526. The van der Waals surface area contributed by atoms with Crippen LogP contribution in [0, 0.1) is 0 Å². The van der Waals surface area contributed by atoms with E-state index in [1.165, 1.54) is 11.1 Å². The number of rotatable bonds is 1. The molecule has 0 unspecified atom stereocenters. The Morgan fingerprint density at radius 1 is 1.42 bits per heavy atom. The number of ketones is 1. The third kappa shape index (κ3) is 1.29. The summed E-state index contributed by atoms with van der Waals surface area (Å²) in [6, 6.07) is 4.42. The highest BCUT2D eigenvalue weighted by molar-refractivity contribution is 9.10. The van der Waals surface area contributed by atoms with E-state index >= 15 is 0 Å². The minimum absolute atomic E-state index is 0.0481. The van der Waals surface area contributed by atoms with Crippen LogP contribution in [0.3, 0.4) is 0 Å². The summed E-state index contributed by atoms with van der Waals surface area (Å²) in [6.07, 6.45) is 5.61. The maximum atomic E-state index is 13.0. The Hall–Kier alpha value is -1.33. The molecular weight excluding hydrogens is 370 g/mol. The molecule has 4 nitrogen and oxygen atoms in total. The normalized spacial score (nSPS) is 41.8. The highest BCUT2D eigenvalue weighted by Crippen LogP contribution is 2.69. The van der Waals surface area contributed by atoms with Gasteiger partial charge in [0.1, 0.15) is 0 Å². The second-order valence-corrected chi connectivity index (χ2v) is 8.90. The van der Waals surface area contributed by atoms with E-state index in [1.807, 2.05) is 13.0 Å². The molecule has 4 aliphatic rings. The van der Waals surface area contributed by atoms with Crippen molar-refractivity contribution in [2.75, 3.05) is 20.7 Å². The first kappa shape index (κ1) is 15.0. The molecule has 0 amide bonds. The van der Waals surface area contributed by atoms with Crippen molar-refractivity contribution >= 4 is 21.7 Å². The van der Waals surface area contributed by atoms with Crippen LogP contribution in [0.5, 0.6) is 11.5 Å². The smallest absolute Gasteiger partial charge is 0.199 e. The predicted octanol–water partition coefficient (Wildman–Crippen LogP) is 2.62. The molecule has 0 radical (unpaired) electrons. The van der Waals surface area contributed by atoms with Crippen LogP contribution in [-0.2, 0) is 16.6 Å². The molecule has 2 heterocycles. The van der Waals surface area contributed by atoms with Gasteiger partial charge in [-0.2, -0.15) is 0 Å². The molecule has 2 bridgehead atoms. The van der Waals surface area contributed by atoms with Gasteiger partial charge in [0.15, 0.2) is 22.9 Å². The summed E-state index contributed by atoms with van der Waals surface area (Å²) in [5.41, 5.74) is 1.18. The van der Waals surface area contributed by atoms with Crippen LogP contribution >= 0.6 is 15.9 Å². The van der Waals surface area contributed by atoms with Crippen LogP contribution in [0.4, 0.5) is 0 Å². The van der Waals surface area contributed by atoms with Gasteiger partial charge in [-0.3, -0.25) is 4.79 Å². The molecule has 0 saturated carbocycles. The van der Waals surface area contributed by atoms with Crippen LogP contribution < -0.4 is 9.47 Å². The van der Waals surface area contributed by atoms with E-state index < -0.39 is 5.60 Å². The molecular formula is C19H20BrNO3. The number of nitrogens with zero attached hydrogens (tertiary/aromatic N) is 1. The summed E-state index contributed by atoms with van der Waals surface area (Å²) in [5.74, 6) is 1.53. The minimum Gasteiger partial charge on any atom is -0.493 e. The first-order chi connectivity index (χ1) is 11.4. The van der Waals surface area contributed by atoms with Crippen molar-refractivity contribution in [3.63, 3.8) is 0 Å². The van der Waals surface area contributed by atoms with Crippen molar-refractivity contribution in [3.05, 3.63) is 35.4 Å². The maximum absolute atomic E-state index is 13.0. The Bertz CT molecular complexity index is 821. The lowest BCUT2D eigenvalue weighted by atomic mass is 9.49. The van der Waals surface area contributed by atoms with Crippen molar-refractivity contribution in [3.8, 4) is 11.5 Å². The number of likely N-dealkylation sites (tertiary alicyclic amines) is 1. The number of alkyl halides is 1. The van der Waals surface area contributed by atoms with E-state index in [0.717, 1.165) is 30.9 Å². The van der Waals surface area contributed by atoms with Crippen LogP contribution in [0.1, 0.15) is 24.5 Å². The van der Waals surface area contributed by atoms with Gasteiger partial charge >= 0.3 is 0 Å². The quantitative estimate of drug-likeness (QED) is 0.692. The van der Waals surface area contributed by atoms with Crippen LogP contribution in [0.2, 0.25) is 0 Å². The number of hydrogen-bond acceptors (Lipinski definition) is 4. The molecule has 2 aliphatic carbocycles. The average molecular weight is 390 g/mol. The zero-order chi connectivity index (χ0) is 16.9. The number of benzene rings is 1. The number of piperidine rings is 1. The van der Waals surface area contributed by atoms with E-state index in [0.29, 0.717) is 6.04 Å². The molecule has 0 N–H and O–H groups in total. The fourth-order valence-electron chi connectivity index (χ4n) is 5.63. The molecule has 24 heavy (non-hydrogen) atoms. The van der Waals surface area contributed by atoms with Gasteiger partial charge in [-0.15, -0.1) is 0 Å². The Balaban J connectivity index is 1.93. The van der Waals surface area contributed by atoms with Gasteiger partial charge in [-0.05, 0) is 51.1 Å². The second kappa shape index (κ2) is 4.25. The summed E-state index contributed by atoms with van der Waals surface area (Å²) in [4.78, 5) is 15.4. The topological polar surface area (TPSA) is 38.8 Å². The molecule has 5 heteroatoms. The number of likely N-dealkylation sites (N-methyl/N-ethyl adjacent to an activating group) is 1. The predicted molar refractivity (Wildman–Crippen MR) is 94.2 cm³/mol. The van der Waals surface area contributed by atoms with Gasteiger partial charge in [-0.25, -0.2) is 0 Å². The van der Waals surface area contributed by atoms with Gasteiger partial charge < -0.3 is 14.4 Å². The molecule has 1 spiro atoms. The number of methoxy groups -OCH3 is 1. The van der Waals surface area contributed by atoms with Gasteiger partial charge in [0.25, 0.3) is 0 Å². The lowest BCUT2D eigenvalue weighted by Crippen LogP contribution is -2.75. The zero-order valence-corrected chi connectivity index (χ0v) is 15.6. The second-order valence-electron chi connectivity index (χ2n) is 7.59. The number of halogens is 1. The summed E-state index contributed by atoms with van der Waals surface area (Å²) in [6.45, 7) is 2.92. The average Bonchev–Trinajstić information content (AvgIpc) is 2.84. The van der Waals surface area contributed by atoms with Crippen LogP contribution in [0.15, 0.2) is 24.3 Å². The van der Waals surface area contributed by atoms with Gasteiger partial charge in [0.05, 0.1) is 16.8 Å². The number of hydrogen-bond donors (Lipinski definition) is 0. The monoisotopic (exact) mass is 389 g/mol. The highest BCUT2D eigenvalue weighted by atomic mass is 79.9. The summed E-state index contributed by atoms with van der Waals surface area (Å²) in [5, 5.41) is 0. The van der Waals surface area contributed by atoms with E-state index in [2.05, 4.69) is 40.0 Å². The first-order valence-electron chi connectivity index (χ1n) is 8.41. The number of carbonyl (C=O) groups excluding carboxylic acids is 1. The van der Waals surface area contributed by atoms with Crippen molar-refractivity contribution < 1.29 is 14.3 Å². The van der Waals surface area contributed by atoms with Gasteiger partial charge in [0, 0.05) is 11.6 Å². The van der Waals surface area contributed by atoms with Crippen LogP contribution in [0.25, 0.3) is 0 Å². The summed E-state index contributed by atoms with van der Waals surface area (Å²) >= 11 is 4.10. The largest absolute Gasteiger partial charge is 0.493 e. The molecule has 1 aromatic carbocycles. The standard InChI is InChI=1S/C19H20BrNO3/c1-17-14(22)6-7-19(20)13-10-11-4-5-12(23-3)16(24-17)15(11)18(17,19)8-9-21(13)2/h4-7,13H,8-10H2,1-3H3/t13-,17+,18+,19+/m1/s1. The number of ether oxygens (including phenoxy) is 2. The van der Waals surface area contributed by atoms with Crippen molar-refractivity contribution in [2.24, 2.45) is 0 Å². The highest BCUT2D eigenvalue weighted by Gasteiger charge is 2.76. The van der Waals surface area contributed by atoms with Crippen molar-refractivity contribution in [1.29, 1.82) is 0 Å². The van der Waals surface area contributed by atoms with Gasteiger partial charge in [-0.1, -0.05) is 28.1 Å². The SMILES string of the molecule is COc1ccc2c3c1O[C@@]1(C)C(=O)C=C[C@]4(Br)[C@@H](C2)N(C)CC[C@]314. The lowest BCUT2D eigenvalue weighted by Gasteiger charge is -2.62. The Morgan fingerprint density at radius 3 is 2.96 bits per heavy atom. The van der Waals surface area contributed by atoms with Crippen molar-refractivity contribution in [1.82, 2.24) is 4.90 Å². The van der Waals surface area contributed by atoms with Crippen molar-refractivity contribution in [2.45, 2.75) is 41.1 Å². The van der Waals surface area contributed by atoms with E-state index in [9.17, 15) is 4.79 Å². The Kier molecular flexibility index (Phi) is 2.65. The Morgan fingerprint density at radius 2 is 2.21 bits per heavy atom. The van der Waals surface area contributed by atoms with E-state index in [1.54, 1.807) is 13.2 Å². The third-order valence-electron chi connectivity index (χ3n) is 6.85. The van der Waals surface area contributed by atoms with E-state index in [-0.39, 0.29) is 15.5 Å². The van der Waals surface area contributed by atoms with E-state index in [4.69, 9.17) is 9.47 Å².